The number of hydrogen-bond acceptors (Lipinski definition) is 4. The van der Waals surface area contributed by atoms with Crippen LogP contribution in [-0.2, 0) is 4.79 Å². The average Bonchev–Trinajstić information content (AvgIpc) is 2.91. The molecular formula is C20H18N2O3. The highest BCUT2D eigenvalue weighted by Crippen LogP contribution is 2.39. The fourth-order valence-electron chi connectivity index (χ4n) is 3.43. The molecule has 0 bridgehead atoms. The zero-order chi connectivity index (χ0) is 17.4. The van der Waals surface area contributed by atoms with Gasteiger partial charge in [-0.3, -0.25) is 9.59 Å². The Morgan fingerprint density at radius 1 is 1.12 bits per heavy atom. The van der Waals surface area contributed by atoms with Gasteiger partial charge in [0.15, 0.2) is 5.78 Å². The van der Waals surface area contributed by atoms with E-state index in [1.165, 1.54) is 6.08 Å². The maximum Gasteiger partial charge on any atom is 0.250 e. The van der Waals surface area contributed by atoms with Crippen LogP contribution in [-0.4, -0.2) is 29.4 Å². The predicted molar refractivity (Wildman–Crippen MR) is 95.3 cm³/mol. The Morgan fingerprint density at radius 2 is 1.88 bits per heavy atom. The van der Waals surface area contributed by atoms with Gasteiger partial charge in [0.2, 0.25) is 5.91 Å². The number of carbonyl (C=O) groups excluding carboxylic acids is 2. The molecule has 1 heterocycles. The molecule has 0 radical (unpaired) electrons. The molecule has 25 heavy (non-hydrogen) atoms. The number of amides is 1. The molecule has 3 N–H and O–H groups in total. The van der Waals surface area contributed by atoms with Gasteiger partial charge in [0.25, 0.3) is 0 Å². The standard InChI is InChI=1S/C20H18N2O3/c23-17-9-4-10-21-16(17)11-18(24)22-15-8-3-7-13-12-5-1-2-6-14(12)20(25)19(13)15/h1-3,5-8,11,17,21,23H,4,9-10H2,(H,22,24)/b16-11+. The second-order valence-corrected chi connectivity index (χ2v) is 6.28. The summed E-state index contributed by atoms with van der Waals surface area (Å²) in [5, 5.41) is 15.8. The second-order valence-electron chi connectivity index (χ2n) is 6.28. The van der Waals surface area contributed by atoms with Gasteiger partial charge in [0, 0.05) is 23.9 Å². The molecule has 1 amide bonds. The van der Waals surface area contributed by atoms with Crippen molar-refractivity contribution in [2.75, 3.05) is 11.9 Å². The highest BCUT2D eigenvalue weighted by Gasteiger charge is 2.29. The van der Waals surface area contributed by atoms with Crippen molar-refractivity contribution in [1.82, 2.24) is 5.32 Å². The predicted octanol–water partition coefficient (Wildman–Crippen LogP) is 2.46. The van der Waals surface area contributed by atoms with Crippen molar-refractivity contribution in [3.63, 3.8) is 0 Å². The summed E-state index contributed by atoms with van der Waals surface area (Å²) in [5.74, 6) is -0.439. The summed E-state index contributed by atoms with van der Waals surface area (Å²) >= 11 is 0. The van der Waals surface area contributed by atoms with E-state index in [1.54, 1.807) is 12.1 Å². The molecule has 2 aromatic carbocycles. The molecule has 2 aromatic rings. The Hall–Kier alpha value is -2.92. The third-order valence-electron chi connectivity index (χ3n) is 4.64. The van der Waals surface area contributed by atoms with Crippen molar-refractivity contribution < 1.29 is 14.7 Å². The molecule has 5 nitrogen and oxygen atoms in total. The van der Waals surface area contributed by atoms with Gasteiger partial charge >= 0.3 is 0 Å². The zero-order valence-corrected chi connectivity index (χ0v) is 13.6. The quantitative estimate of drug-likeness (QED) is 0.629. The van der Waals surface area contributed by atoms with E-state index in [4.69, 9.17) is 0 Å². The zero-order valence-electron chi connectivity index (χ0n) is 13.6. The second kappa shape index (κ2) is 6.18. The van der Waals surface area contributed by atoms with E-state index in [-0.39, 0.29) is 11.7 Å². The van der Waals surface area contributed by atoms with Crippen molar-refractivity contribution in [3.05, 3.63) is 65.4 Å². The molecular weight excluding hydrogens is 316 g/mol. The van der Waals surface area contributed by atoms with Crippen LogP contribution in [0, 0.1) is 0 Å². The molecule has 1 aliphatic heterocycles. The smallest absolute Gasteiger partial charge is 0.250 e. The fourth-order valence-corrected chi connectivity index (χ4v) is 3.43. The van der Waals surface area contributed by atoms with Crippen LogP contribution in [0.3, 0.4) is 0 Å². The van der Waals surface area contributed by atoms with Gasteiger partial charge in [-0.25, -0.2) is 0 Å². The lowest BCUT2D eigenvalue weighted by Crippen LogP contribution is -2.32. The molecule has 0 spiro atoms. The minimum Gasteiger partial charge on any atom is -0.387 e. The summed E-state index contributed by atoms with van der Waals surface area (Å²) in [7, 11) is 0. The van der Waals surface area contributed by atoms with Crippen LogP contribution in [0.1, 0.15) is 28.8 Å². The van der Waals surface area contributed by atoms with Gasteiger partial charge in [-0.2, -0.15) is 0 Å². The first kappa shape index (κ1) is 15.6. The minimum atomic E-state index is -0.646. The van der Waals surface area contributed by atoms with Crippen molar-refractivity contribution in [2.45, 2.75) is 18.9 Å². The Kier molecular flexibility index (Phi) is 3.86. The fraction of sp³-hybridized carbons (Fsp3) is 0.200. The molecule has 2 aliphatic rings. The van der Waals surface area contributed by atoms with Gasteiger partial charge in [-0.05, 0) is 30.0 Å². The number of ketones is 1. The van der Waals surface area contributed by atoms with Crippen LogP contribution in [0.25, 0.3) is 11.1 Å². The topological polar surface area (TPSA) is 78.4 Å². The average molecular weight is 334 g/mol. The number of fused-ring (bicyclic) bond motifs is 3. The minimum absolute atomic E-state index is 0.0787. The van der Waals surface area contributed by atoms with Crippen molar-refractivity contribution in [2.24, 2.45) is 0 Å². The third-order valence-corrected chi connectivity index (χ3v) is 4.64. The third kappa shape index (κ3) is 2.72. The largest absolute Gasteiger partial charge is 0.387 e. The molecule has 1 fully saturated rings. The number of nitrogens with one attached hydrogen (secondary N) is 2. The summed E-state index contributed by atoms with van der Waals surface area (Å²) in [6.45, 7) is 0.741. The maximum atomic E-state index is 12.7. The van der Waals surface area contributed by atoms with Crippen molar-refractivity contribution in [1.29, 1.82) is 0 Å². The van der Waals surface area contributed by atoms with Gasteiger partial charge in [0.1, 0.15) is 0 Å². The first-order valence-electron chi connectivity index (χ1n) is 8.37. The molecule has 1 aliphatic carbocycles. The van der Waals surface area contributed by atoms with Crippen molar-refractivity contribution in [3.8, 4) is 11.1 Å². The first-order valence-corrected chi connectivity index (χ1v) is 8.37. The number of aliphatic hydroxyl groups excluding tert-OH is 1. The monoisotopic (exact) mass is 334 g/mol. The van der Waals surface area contributed by atoms with Crippen LogP contribution in [0.15, 0.2) is 54.2 Å². The lowest BCUT2D eigenvalue weighted by atomic mass is 10.0. The maximum absolute atomic E-state index is 12.7. The molecule has 0 saturated carbocycles. The molecule has 1 saturated heterocycles. The van der Waals surface area contributed by atoms with E-state index in [1.807, 2.05) is 30.3 Å². The number of piperidine rings is 1. The van der Waals surface area contributed by atoms with Gasteiger partial charge < -0.3 is 15.7 Å². The van der Waals surface area contributed by atoms with E-state index < -0.39 is 6.10 Å². The molecule has 1 atom stereocenters. The van der Waals surface area contributed by atoms with Gasteiger partial charge in [-0.15, -0.1) is 0 Å². The van der Waals surface area contributed by atoms with E-state index in [0.29, 0.717) is 28.9 Å². The summed E-state index contributed by atoms with van der Waals surface area (Å²) in [4.78, 5) is 25.1. The number of aliphatic hydroxyl groups is 1. The van der Waals surface area contributed by atoms with Crippen LogP contribution in [0.5, 0.6) is 0 Å². The van der Waals surface area contributed by atoms with Crippen LogP contribution in [0.2, 0.25) is 0 Å². The summed E-state index contributed by atoms with van der Waals surface area (Å²) in [6.07, 6.45) is 2.24. The number of carbonyl (C=O) groups is 2. The Bertz CT molecular complexity index is 902. The highest BCUT2D eigenvalue weighted by molar-refractivity contribution is 6.25. The highest BCUT2D eigenvalue weighted by atomic mass is 16.3. The molecule has 4 rings (SSSR count). The lowest BCUT2D eigenvalue weighted by Gasteiger charge is -2.22. The lowest BCUT2D eigenvalue weighted by molar-refractivity contribution is -0.112. The van der Waals surface area contributed by atoms with Crippen LogP contribution < -0.4 is 10.6 Å². The molecule has 0 aromatic heterocycles. The summed E-state index contributed by atoms with van der Waals surface area (Å²) < 4.78 is 0. The SMILES string of the molecule is O=C(/C=C1/NCCCC1O)Nc1cccc2c1C(=O)c1ccccc1-2. The van der Waals surface area contributed by atoms with Crippen LogP contribution >= 0.6 is 0 Å². The summed E-state index contributed by atoms with van der Waals surface area (Å²) in [5.41, 5.74) is 3.91. The first-order chi connectivity index (χ1) is 12.1. The molecule has 5 heteroatoms. The molecule has 126 valence electrons. The normalized spacial score (nSPS) is 20.0. The molecule has 1 unspecified atom stereocenters. The van der Waals surface area contributed by atoms with E-state index in [2.05, 4.69) is 10.6 Å². The Balaban J connectivity index is 1.64. The van der Waals surface area contributed by atoms with E-state index in [9.17, 15) is 14.7 Å². The van der Waals surface area contributed by atoms with Crippen molar-refractivity contribution >= 4 is 17.4 Å². The van der Waals surface area contributed by atoms with Gasteiger partial charge in [-0.1, -0.05) is 36.4 Å². The number of rotatable bonds is 2. The number of anilines is 1. The number of hydrogen-bond donors (Lipinski definition) is 3. The van der Waals surface area contributed by atoms with Gasteiger partial charge in [0.05, 0.1) is 17.4 Å². The van der Waals surface area contributed by atoms with E-state index in [0.717, 1.165) is 24.1 Å². The Labute approximate surface area is 145 Å². The Morgan fingerprint density at radius 3 is 2.68 bits per heavy atom. The summed E-state index contributed by atoms with van der Waals surface area (Å²) in [6, 6.07) is 12.9. The van der Waals surface area contributed by atoms with Crippen LogP contribution in [0.4, 0.5) is 5.69 Å². The van der Waals surface area contributed by atoms with E-state index >= 15 is 0 Å². The number of benzene rings is 2.